The number of carboxylic acids is 1. The summed E-state index contributed by atoms with van der Waals surface area (Å²) in [6, 6.07) is 1.49. The van der Waals surface area contributed by atoms with Crippen LogP contribution in [0.2, 0.25) is 5.02 Å². The molecular weight excluding hydrogens is 401 g/mol. The summed E-state index contributed by atoms with van der Waals surface area (Å²) in [5.41, 5.74) is 0.120. The molecule has 0 bridgehead atoms. The third-order valence-corrected chi connectivity index (χ3v) is 5.53. The molecule has 0 radical (unpaired) electrons. The van der Waals surface area contributed by atoms with E-state index in [1.54, 1.807) is 12.3 Å². The number of amidine groups is 1. The first-order valence-electron chi connectivity index (χ1n) is 9.36. The zero-order valence-electron chi connectivity index (χ0n) is 15.5. The van der Waals surface area contributed by atoms with Gasteiger partial charge < -0.3 is 25.8 Å². The zero-order valence-corrected chi connectivity index (χ0v) is 16.2. The van der Waals surface area contributed by atoms with Gasteiger partial charge in [0.15, 0.2) is 11.7 Å². The average Bonchev–Trinajstić information content (AvgIpc) is 3.05. The summed E-state index contributed by atoms with van der Waals surface area (Å²) < 4.78 is 14.4. The highest BCUT2D eigenvalue weighted by molar-refractivity contribution is 6.31. The van der Waals surface area contributed by atoms with Gasteiger partial charge in [0.25, 0.3) is 0 Å². The van der Waals surface area contributed by atoms with Crippen molar-refractivity contribution in [3.05, 3.63) is 41.1 Å². The van der Waals surface area contributed by atoms with Crippen LogP contribution in [-0.4, -0.2) is 43.6 Å². The van der Waals surface area contributed by atoms with Crippen LogP contribution in [0.3, 0.4) is 0 Å². The lowest BCUT2D eigenvalue weighted by atomic mass is 9.79. The zero-order chi connectivity index (χ0) is 20.6. The number of hydrogen-bond acceptors (Lipinski definition) is 6. The van der Waals surface area contributed by atoms with E-state index < -0.39 is 23.6 Å². The number of nitrogens with zero attached hydrogens (tertiary/aromatic N) is 2. The van der Waals surface area contributed by atoms with Crippen LogP contribution in [0.15, 0.2) is 35.5 Å². The Morgan fingerprint density at radius 2 is 2.31 bits per heavy atom. The smallest absolute Gasteiger partial charge is 0.306 e. The topological polar surface area (TPSA) is 123 Å². The minimum atomic E-state index is -1.30. The third kappa shape index (κ3) is 4.20. The standard InChI is InChI=1S/C19H21ClFN5O3/c20-10-4-12-13(8-23-16(12)22-7-10)17-24-9-14(21)18(26-17)25-11-2-1-3-19(29,5-11)6-15(27)28/h4,7-9,11,17,24,29H,1-3,5-6H2,(H,22,23)(H,25,26)(H,27,28)/t11-,17?,19-/m0/s1. The Hall–Kier alpha value is -2.65. The second-order valence-corrected chi connectivity index (χ2v) is 8.00. The molecule has 2 aliphatic rings. The Kier molecular flexibility index (Phi) is 5.18. The van der Waals surface area contributed by atoms with E-state index in [2.05, 4.69) is 25.6 Å². The summed E-state index contributed by atoms with van der Waals surface area (Å²) in [5, 5.41) is 26.8. The van der Waals surface area contributed by atoms with Gasteiger partial charge in [-0.1, -0.05) is 11.6 Å². The Morgan fingerprint density at radius 3 is 3.10 bits per heavy atom. The molecule has 0 saturated heterocycles. The van der Waals surface area contributed by atoms with Gasteiger partial charge in [0.05, 0.1) is 17.0 Å². The molecular formula is C19H21ClFN5O3. The molecule has 1 fully saturated rings. The van der Waals surface area contributed by atoms with Crippen LogP contribution in [0.4, 0.5) is 4.39 Å². The summed E-state index contributed by atoms with van der Waals surface area (Å²) in [6.45, 7) is 0. The van der Waals surface area contributed by atoms with Crippen molar-refractivity contribution in [2.45, 2.75) is 49.9 Å². The first-order chi connectivity index (χ1) is 13.8. The van der Waals surface area contributed by atoms with E-state index in [4.69, 9.17) is 16.7 Å². The van der Waals surface area contributed by atoms with Gasteiger partial charge in [-0.15, -0.1) is 0 Å². The molecule has 1 aliphatic heterocycles. The molecule has 2 aromatic rings. The van der Waals surface area contributed by atoms with Gasteiger partial charge in [-0.2, -0.15) is 0 Å². The molecule has 1 unspecified atom stereocenters. The average molecular weight is 422 g/mol. The van der Waals surface area contributed by atoms with E-state index in [0.29, 0.717) is 29.9 Å². The second-order valence-electron chi connectivity index (χ2n) is 7.57. The predicted octanol–water partition coefficient (Wildman–Crippen LogP) is 2.77. The molecule has 154 valence electrons. The molecule has 1 aliphatic carbocycles. The van der Waals surface area contributed by atoms with E-state index in [0.717, 1.165) is 10.9 Å². The van der Waals surface area contributed by atoms with Crippen molar-refractivity contribution >= 4 is 34.4 Å². The summed E-state index contributed by atoms with van der Waals surface area (Å²) >= 11 is 6.05. The Morgan fingerprint density at radius 1 is 1.48 bits per heavy atom. The number of aromatic amines is 1. The number of fused-ring (bicyclic) bond motifs is 1. The monoisotopic (exact) mass is 421 g/mol. The second kappa shape index (κ2) is 7.64. The fourth-order valence-corrected chi connectivity index (χ4v) is 4.20. The number of aromatic nitrogens is 2. The number of halogens is 2. The highest BCUT2D eigenvalue weighted by Gasteiger charge is 2.37. The van der Waals surface area contributed by atoms with Gasteiger partial charge in [-0.3, -0.25) is 4.79 Å². The number of H-pyrrole nitrogens is 1. The maximum absolute atomic E-state index is 14.4. The van der Waals surface area contributed by atoms with Crippen LogP contribution in [0, 0.1) is 0 Å². The minimum absolute atomic E-state index is 0.0719. The Bertz CT molecular complexity index is 1010. The fraction of sp³-hybridized carbons (Fsp3) is 0.421. The molecule has 0 spiro atoms. The van der Waals surface area contributed by atoms with E-state index in [1.165, 1.54) is 12.4 Å². The number of carbonyl (C=O) groups is 1. The predicted molar refractivity (Wildman–Crippen MR) is 106 cm³/mol. The summed E-state index contributed by atoms with van der Waals surface area (Å²) in [5.74, 6) is -1.53. The number of rotatable bonds is 4. The first-order valence-corrected chi connectivity index (χ1v) is 9.74. The Labute approximate surface area is 170 Å². The van der Waals surface area contributed by atoms with Gasteiger partial charge in [0.1, 0.15) is 11.8 Å². The van der Waals surface area contributed by atoms with Crippen molar-refractivity contribution in [3.63, 3.8) is 0 Å². The van der Waals surface area contributed by atoms with Gasteiger partial charge in [-0.05, 0) is 31.7 Å². The number of aliphatic carboxylic acids is 1. The van der Waals surface area contributed by atoms with Crippen LogP contribution in [0.1, 0.15) is 43.8 Å². The van der Waals surface area contributed by atoms with E-state index in [-0.39, 0.29) is 24.7 Å². The molecule has 1 saturated carbocycles. The van der Waals surface area contributed by atoms with Crippen molar-refractivity contribution in [1.82, 2.24) is 20.6 Å². The van der Waals surface area contributed by atoms with Crippen LogP contribution in [0.5, 0.6) is 0 Å². The van der Waals surface area contributed by atoms with E-state index in [9.17, 15) is 14.3 Å². The highest BCUT2D eigenvalue weighted by atomic mass is 35.5. The van der Waals surface area contributed by atoms with E-state index in [1.807, 2.05) is 0 Å². The third-order valence-electron chi connectivity index (χ3n) is 5.32. The molecule has 4 rings (SSSR count). The summed E-state index contributed by atoms with van der Waals surface area (Å²) in [4.78, 5) is 22.7. The molecule has 2 aromatic heterocycles. The SMILES string of the molecule is O=C(O)C[C@]1(O)CCC[C@H](NC2=NC(c3c[nH]c4ncc(Cl)cc34)NC=C2F)C1. The Balaban J connectivity index is 1.55. The number of carboxylic acid groups (broad SMARTS) is 1. The molecule has 3 heterocycles. The first kappa shape index (κ1) is 19.7. The van der Waals surface area contributed by atoms with Crippen molar-refractivity contribution < 1.29 is 19.4 Å². The molecule has 5 N–H and O–H groups in total. The summed E-state index contributed by atoms with van der Waals surface area (Å²) in [6.07, 6.45) is 5.62. The normalized spacial score (nSPS) is 27.1. The lowest BCUT2D eigenvalue weighted by Crippen LogP contribution is -2.47. The van der Waals surface area contributed by atoms with Crippen LogP contribution >= 0.6 is 11.6 Å². The molecule has 29 heavy (non-hydrogen) atoms. The van der Waals surface area contributed by atoms with Crippen LogP contribution in [0.25, 0.3) is 11.0 Å². The molecule has 10 heteroatoms. The summed E-state index contributed by atoms with van der Waals surface area (Å²) in [7, 11) is 0. The fourth-order valence-electron chi connectivity index (χ4n) is 4.04. The van der Waals surface area contributed by atoms with Gasteiger partial charge in [0.2, 0.25) is 0 Å². The number of hydrogen-bond donors (Lipinski definition) is 5. The lowest BCUT2D eigenvalue weighted by molar-refractivity contribution is -0.144. The van der Waals surface area contributed by atoms with Crippen LogP contribution in [-0.2, 0) is 4.79 Å². The maximum Gasteiger partial charge on any atom is 0.306 e. The lowest BCUT2D eigenvalue weighted by Gasteiger charge is -2.37. The van der Waals surface area contributed by atoms with Crippen molar-refractivity contribution in [3.8, 4) is 0 Å². The number of pyridine rings is 1. The largest absolute Gasteiger partial charge is 0.481 e. The molecule has 3 atom stereocenters. The maximum atomic E-state index is 14.4. The van der Waals surface area contributed by atoms with Gasteiger partial charge in [0, 0.05) is 35.6 Å². The van der Waals surface area contributed by atoms with Crippen molar-refractivity contribution in [2.24, 2.45) is 4.99 Å². The number of aliphatic hydroxyl groups is 1. The van der Waals surface area contributed by atoms with Crippen molar-refractivity contribution in [1.29, 1.82) is 0 Å². The quantitative estimate of drug-likeness (QED) is 0.517. The van der Waals surface area contributed by atoms with Crippen molar-refractivity contribution in [2.75, 3.05) is 0 Å². The van der Waals surface area contributed by atoms with Gasteiger partial charge >= 0.3 is 5.97 Å². The van der Waals surface area contributed by atoms with E-state index >= 15 is 0 Å². The molecule has 0 aromatic carbocycles. The molecule has 0 amide bonds. The number of aliphatic imine (C=N–C) groups is 1. The highest BCUT2D eigenvalue weighted by Crippen LogP contribution is 2.32. The van der Waals surface area contributed by atoms with Crippen LogP contribution < -0.4 is 10.6 Å². The molecule has 8 nitrogen and oxygen atoms in total. The van der Waals surface area contributed by atoms with Gasteiger partial charge in [-0.25, -0.2) is 14.4 Å². The number of nitrogens with one attached hydrogen (secondary N) is 3. The minimum Gasteiger partial charge on any atom is -0.481 e.